The molecule has 3 aromatic rings. The van der Waals surface area contributed by atoms with Crippen LogP contribution < -0.4 is 5.32 Å². The van der Waals surface area contributed by atoms with E-state index in [1.165, 1.54) is 16.7 Å². The van der Waals surface area contributed by atoms with E-state index in [4.69, 9.17) is 0 Å². The number of rotatable bonds is 4. The highest BCUT2D eigenvalue weighted by Crippen LogP contribution is 2.40. The first kappa shape index (κ1) is 18.0. The standard InChI is InChI=1S/C25H27NO/c1-19-24(22-15-9-4-10-16-22)26-23(21-13-7-3-8-14-21)18-25(19,27)17-20-11-5-2-6-12-20/h2-16,19,23-24,26-27H,17-18H2,1H3/p+1/t19-,23-,24+,25+/m1/s1. The summed E-state index contributed by atoms with van der Waals surface area (Å²) in [6.45, 7) is 2.21. The van der Waals surface area contributed by atoms with Gasteiger partial charge in [-0.15, -0.1) is 0 Å². The molecular weight excluding hydrogens is 330 g/mol. The molecule has 2 nitrogen and oxygen atoms in total. The normalized spacial score (nSPS) is 28.0. The van der Waals surface area contributed by atoms with Crippen LogP contribution in [0.1, 0.15) is 42.1 Å². The van der Waals surface area contributed by atoms with Gasteiger partial charge in [0, 0.05) is 29.9 Å². The van der Waals surface area contributed by atoms with E-state index >= 15 is 0 Å². The predicted octanol–water partition coefficient (Wildman–Crippen LogP) is 4.05. The number of piperidine rings is 1. The van der Waals surface area contributed by atoms with Crippen LogP contribution in [0.2, 0.25) is 0 Å². The molecule has 1 saturated heterocycles. The smallest absolute Gasteiger partial charge is 0.117 e. The summed E-state index contributed by atoms with van der Waals surface area (Å²) in [5, 5.41) is 14.3. The van der Waals surface area contributed by atoms with Crippen molar-refractivity contribution >= 4 is 0 Å². The molecule has 4 atom stereocenters. The molecule has 4 rings (SSSR count). The fourth-order valence-electron chi connectivity index (χ4n) is 4.57. The Morgan fingerprint density at radius 1 is 0.815 bits per heavy atom. The van der Waals surface area contributed by atoms with Crippen LogP contribution in [0.25, 0.3) is 0 Å². The van der Waals surface area contributed by atoms with Gasteiger partial charge in [0.05, 0.1) is 5.60 Å². The zero-order valence-corrected chi connectivity index (χ0v) is 15.8. The van der Waals surface area contributed by atoms with Gasteiger partial charge in [-0.3, -0.25) is 0 Å². The Labute approximate surface area is 161 Å². The second kappa shape index (κ2) is 7.67. The van der Waals surface area contributed by atoms with Gasteiger partial charge in [-0.1, -0.05) is 97.9 Å². The predicted molar refractivity (Wildman–Crippen MR) is 109 cm³/mol. The topological polar surface area (TPSA) is 36.8 Å². The molecule has 1 aliphatic rings. The van der Waals surface area contributed by atoms with E-state index in [-0.39, 0.29) is 18.0 Å². The molecule has 0 spiro atoms. The van der Waals surface area contributed by atoms with Gasteiger partial charge in [0.2, 0.25) is 0 Å². The number of aliphatic hydroxyl groups is 1. The Hall–Kier alpha value is -2.42. The molecule has 0 radical (unpaired) electrons. The molecule has 3 N–H and O–H groups in total. The molecule has 0 bridgehead atoms. The molecule has 0 unspecified atom stereocenters. The van der Waals surface area contributed by atoms with E-state index < -0.39 is 5.60 Å². The molecule has 2 heteroatoms. The molecule has 1 heterocycles. The summed E-state index contributed by atoms with van der Waals surface area (Å²) in [5.74, 6) is 0.153. The SMILES string of the molecule is C[C@@H]1[C@@H](c2ccccc2)[NH2+][C@@H](c2ccccc2)C[C@@]1(O)Cc1ccccc1. The third kappa shape index (κ3) is 3.83. The Morgan fingerprint density at radius 2 is 1.33 bits per heavy atom. The van der Waals surface area contributed by atoms with E-state index in [2.05, 4.69) is 97.2 Å². The molecular formula is C25H28NO+. The van der Waals surface area contributed by atoms with Crippen LogP contribution in [0, 0.1) is 5.92 Å². The lowest BCUT2D eigenvalue weighted by Gasteiger charge is -2.45. The van der Waals surface area contributed by atoms with Gasteiger partial charge in [-0.25, -0.2) is 0 Å². The van der Waals surface area contributed by atoms with Crippen LogP contribution in [-0.4, -0.2) is 10.7 Å². The third-order valence-corrected chi connectivity index (χ3v) is 6.16. The van der Waals surface area contributed by atoms with E-state index in [0.717, 1.165) is 6.42 Å². The maximum absolute atomic E-state index is 11.8. The number of quaternary nitrogens is 1. The molecule has 0 amide bonds. The zero-order chi connectivity index (χ0) is 18.7. The molecule has 1 aliphatic heterocycles. The fourth-order valence-corrected chi connectivity index (χ4v) is 4.57. The van der Waals surface area contributed by atoms with Crippen molar-refractivity contribution in [2.75, 3.05) is 0 Å². The highest BCUT2D eigenvalue weighted by atomic mass is 16.3. The maximum atomic E-state index is 11.8. The molecule has 0 saturated carbocycles. The first-order chi connectivity index (χ1) is 13.2. The molecule has 27 heavy (non-hydrogen) atoms. The van der Waals surface area contributed by atoms with Crippen molar-refractivity contribution in [3.05, 3.63) is 108 Å². The van der Waals surface area contributed by atoms with Crippen molar-refractivity contribution in [2.45, 2.75) is 37.5 Å². The van der Waals surface area contributed by atoms with Gasteiger partial charge in [0.25, 0.3) is 0 Å². The fraction of sp³-hybridized carbons (Fsp3) is 0.280. The molecule has 0 aromatic heterocycles. The van der Waals surface area contributed by atoms with Gasteiger partial charge >= 0.3 is 0 Å². The van der Waals surface area contributed by atoms with Crippen LogP contribution >= 0.6 is 0 Å². The second-order valence-electron chi connectivity index (χ2n) is 7.90. The lowest BCUT2D eigenvalue weighted by atomic mass is 9.69. The van der Waals surface area contributed by atoms with E-state index in [9.17, 15) is 5.11 Å². The van der Waals surface area contributed by atoms with E-state index in [0.29, 0.717) is 6.42 Å². The van der Waals surface area contributed by atoms with Crippen molar-refractivity contribution in [2.24, 2.45) is 5.92 Å². The van der Waals surface area contributed by atoms with E-state index in [1.807, 2.05) is 6.07 Å². The van der Waals surface area contributed by atoms with Crippen LogP contribution in [0.15, 0.2) is 91.0 Å². The average Bonchev–Trinajstić information content (AvgIpc) is 2.72. The minimum atomic E-state index is -0.739. The Morgan fingerprint density at radius 3 is 1.93 bits per heavy atom. The minimum absolute atomic E-state index is 0.153. The molecule has 138 valence electrons. The minimum Gasteiger partial charge on any atom is -0.389 e. The van der Waals surface area contributed by atoms with Gasteiger partial charge in [-0.2, -0.15) is 0 Å². The Kier molecular flexibility index (Phi) is 5.11. The third-order valence-electron chi connectivity index (χ3n) is 6.16. The monoisotopic (exact) mass is 358 g/mol. The van der Waals surface area contributed by atoms with Crippen molar-refractivity contribution in [3.8, 4) is 0 Å². The highest BCUT2D eigenvalue weighted by molar-refractivity contribution is 5.25. The van der Waals surface area contributed by atoms with Crippen molar-refractivity contribution in [3.63, 3.8) is 0 Å². The molecule has 0 aliphatic carbocycles. The summed E-state index contributed by atoms with van der Waals surface area (Å²) < 4.78 is 0. The van der Waals surface area contributed by atoms with Gasteiger partial charge in [-0.05, 0) is 5.56 Å². The Balaban J connectivity index is 1.70. The van der Waals surface area contributed by atoms with Gasteiger partial charge in [0.15, 0.2) is 0 Å². The molecule has 3 aromatic carbocycles. The van der Waals surface area contributed by atoms with Crippen LogP contribution in [0.5, 0.6) is 0 Å². The molecule has 1 fully saturated rings. The summed E-state index contributed by atoms with van der Waals surface area (Å²) in [7, 11) is 0. The zero-order valence-electron chi connectivity index (χ0n) is 15.8. The van der Waals surface area contributed by atoms with Crippen LogP contribution in [0.3, 0.4) is 0 Å². The number of hydrogen-bond acceptors (Lipinski definition) is 1. The quantitative estimate of drug-likeness (QED) is 0.725. The van der Waals surface area contributed by atoms with Crippen molar-refractivity contribution in [1.82, 2.24) is 0 Å². The second-order valence-corrected chi connectivity index (χ2v) is 7.90. The summed E-state index contributed by atoms with van der Waals surface area (Å²) >= 11 is 0. The lowest BCUT2D eigenvalue weighted by molar-refractivity contribution is -0.756. The van der Waals surface area contributed by atoms with Crippen LogP contribution in [0.4, 0.5) is 0 Å². The lowest BCUT2D eigenvalue weighted by Crippen LogP contribution is -2.91. The summed E-state index contributed by atoms with van der Waals surface area (Å²) in [5.41, 5.74) is 3.04. The first-order valence-electron chi connectivity index (χ1n) is 9.87. The first-order valence-corrected chi connectivity index (χ1v) is 9.87. The van der Waals surface area contributed by atoms with Gasteiger partial charge in [0.1, 0.15) is 12.1 Å². The van der Waals surface area contributed by atoms with Gasteiger partial charge < -0.3 is 10.4 Å². The van der Waals surface area contributed by atoms with Crippen molar-refractivity contribution < 1.29 is 10.4 Å². The number of nitrogens with two attached hydrogens (primary N) is 1. The summed E-state index contributed by atoms with van der Waals surface area (Å²) in [6.07, 6.45) is 1.45. The number of benzene rings is 3. The summed E-state index contributed by atoms with van der Waals surface area (Å²) in [4.78, 5) is 0. The Bertz CT molecular complexity index is 849. The highest BCUT2D eigenvalue weighted by Gasteiger charge is 2.48. The number of hydrogen-bond donors (Lipinski definition) is 2. The summed E-state index contributed by atoms with van der Waals surface area (Å²) in [6, 6.07) is 32.1. The average molecular weight is 359 g/mol. The maximum Gasteiger partial charge on any atom is 0.117 e. The van der Waals surface area contributed by atoms with Crippen LogP contribution in [-0.2, 0) is 6.42 Å². The van der Waals surface area contributed by atoms with Crippen molar-refractivity contribution in [1.29, 1.82) is 0 Å². The largest absolute Gasteiger partial charge is 0.389 e. The van der Waals surface area contributed by atoms with E-state index in [1.54, 1.807) is 0 Å².